The first-order valence-electron chi connectivity index (χ1n) is 13.1. The van der Waals surface area contributed by atoms with Crippen LogP contribution in [0.5, 0.6) is 5.75 Å². The van der Waals surface area contributed by atoms with Crippen molar-refractivity contribution < 1.29 is 22.7 Å². The topological polar surface area (TPSA) is 96.0 Å². The molecule has 0 atom stereocenters. The molecule has 0 radical (unpaired) electrons. The van der Waals surface area contributed by atoms with Crippen LogP contribution in [0.4, 0.5) is 11.4 Å². The molecular weight excluding hydrogens is 633 g/mol. The molecule has 2 amide bonds. The van der Waals surface area contributed by atoms with Crippen LogP contribution in [-0.4, -0.2) is 44.7 Å². The summed E-state index contributed by atoms with van der Waals surface area (Å²) in [5.74, 6) is -0.104. The van der Waals surface area contributed by atoms with E-state index >= 15 is 0 Å². The van der Waals surface area contributed by atoms with E-state index < -0.39 is 22.5 Å². The van der Waals surface area contributed by atoms with Crippen molar-refractivity contribution in [1.29, 1.82) is 0 Å². The molecule has 222 valence electrons. The van der Waals surface area contributed by atoms with Gasteiger partial charge in [0.05, 0.1) is 18.6 Å². The SMILES string of the molecule is COc1ccc(C(=O)N2CCc3ccc(NC(=O)CN(Cc4ccc(Cl)cc4Cl)S(=O)(=O)c4ccc(Cl)cc4)cc32)cc1. The van der Waals surface area contributed by atoms with E-state index in [9.17, 15) is 18.0 Å². The monoisotopic (exact) mass is 657 g/mol. The van der Waals surface area contributed by atoms with Gasteiger partial charge in [0.15, 0.2) is 0 Å². The molecule has 0 fully saturated rings. The number of nitrogens with zero attached hydrogens (tertiary/aromatic N) is 2. The number of anilines is 2. The molecule has 1 N–H and O–H groups in total. The highest BCUT2D eigenvalue weighted by Crippen LogP contribution is 2.33. The quantitative estimate of drug-likeness (QED) is 0.216. The number of hydrogen-bond donors (Lipinski definition) is 1. The lowest BCUT2D eigenvalue weighted by Gasteiger charge is -2.23. The fraction of sp³-hybridized carbons (Fsp3) is 0.161. The molecule has 8 nitrogen and oxygen atoms in total. The van der Waals surface area contributed by atoms with Gasteiger partial charge in [0.2, 0.25) is 15.9 Å². The van der Waals surface area contributed by atoms with E-state index in [1.54, 1.807) is 60.5 Å². The van der Waals surface area contributed by atoms with Crippen LogP contribution in [0.2, 0.25) is 15.1 Å². The van der Waals surface area contributed by atoms with Gasteiger partial charge in [-0.05, 0) is 90.3 Å². The number of sulfonamides is 1. The van der Waals surface area contributed by atoms with Crippen LogP contribution in [-0.2, 0) is 27.8 Å². The van der Waals surface area contributed by atoms with Crippen molar-refractivity contribution in [1.82, 2.24) is 4.31 Å². The van der Waals surface area contributed by atoms with Crippen LogP contribution < -0.4 is 15.0 Å². The lowest BCUT2D eigenvalue weighted by atomic mass is 10.1. The van der Waals surface area contributed by atoms with Crippen LogP contribution in [0.1, 0.15) is 21.5 Å². The number of rotatable bonds is 9. The summed E-state index contributed by atoms with van der Waals surface area (Å²) in [7, 11) is -2.58. The smallest absolute Gasteiger partial charge is 0.258 e. The number of methoxy groups -OCH3 is 1. The Morgan fingerprint density at radius 3 is 2.28 bits per heavy atom. The Kier molecular flexibility index (Phi) is 9.29. The Hall–Kier alpha value is -3.60. The van der Waals surface area contributed by atoms with Crippen LogP contribution in [0.15, 0.2) is 89.8 Å². The molecule has 0 aliphatic carbocycles. The number of carbonyl (C=O) groups is 2. The predicted molar refractivity (Wildman–Crippen MR) is 169 cm³/mol. The first-order chi connectivity index (χ1) is 20.5. The predicted octanol–water partition coefficient (Wildman–Crippen LogP) is 6.69. The van der Waals surface area contributed by atoms with Crippen molar-refractivity contribution >= 4 is 68.0 Å². The van der Waals surface area contributed by atoms with Gasteiger partial charge >= 0.3 is 0 Å². The molecule has 0 saturated carbocycles. The zero-order valence-electron chi connectivity index (χ0n) is 22.9. The highest BCUT2D eigenvalue weighted by Gasteiger charge is 2.29. The zero-order chi connectivity index (χ0) is 30.7. The van der Waals surface area contributed by atoms with Crippen molar-refractivity contribution in [2.45, 2.75) is 17.9 Å². The minimum absolute atomic E-state index is 0.0278. The number of ether oxygens (including phenoxy) is 1. The van der Waals surface area contributed by atoms with E-state index in [-0.39, 0.29) is 22.4 Å². The molecule has 43 heavy (non-hydrogen) atoms. The van der Waals surface area contributed by atoms with Crippen molar-refractivity contribution in [3.05, 3.63) is 117 Å². The summed E-state index contributed by atoms with van der Waals surface area (Å²) in [4.78, 5) is 28.2. The number of hydrogen-bond acceptors (Lipinski definition) is 5. The van der Waals surface area contributed by atoms with Gasteiger partial charge in [-0.3, -0.25) is 9.59 Å². The van der Waals surface area contributed by atoms with Gasteiger partial charge in [-0.25, -0.2) is 8.42 Å². The van der Waals surface area contributed by atoms with Crippen LogP contribution >= 0.6 is 34.8 Å². The minimum atomic E-state index is -4.14. The van der Waals surface area contributed by atoms with E-state index in [2.05, 4.69) is 5.32 Å². The molecule has 0 aromatic heterocycles. The average Bonchev–Trinajstić information content (AvgIpc) is 3.41. The maximum atomic E-state index is 13.6. The van der Waals surface area contributed by atoms with Crippen LogP contribution in [0, 0.1) is 0 Å². The summed E-state index contributed by atoms with van der Waals surface area (Å²) in [5, 5.41) is 3.82. The van der Waals surface area contributed by atoms with Crippen LogP contribution in [0.3, 0.4) is 0 Å². The van der Waals surface area contributed by atoms with Crippen molar-refractivity contribution in [3.63, 3.8) is 0 Å². The molecule has 4 aromatic carbocycles. The van der Waals surface area contributed by atoms with Crippen molar-refractivity contribution in [3.8, 4) is 5.75 Å². The van der Waals surface area contributed by atoms with Gasteiger partial charge in [-0.2, -0.15) is 4.31 Å². The summed E-state index contributed by atoms with van der Waals surface area (Å²) < 4.78 is 33.5. The van der Waals surface area contributed by atoms with Gasteiger partial charge in [0, 0.05) is 45.1 Å². The van der Waals surface area contributed by atoms with E-state index in [4.69, 9.17) is 39.5 Å². The van der Waals surface area contributed by atoms with Crippen molar-refractivity contribution in [2.75, 3.05) is 30.4 Å². The Morgan fingerprint density at radius 1 is 0.907 bits per heavy atom. The van der Waals surface area contributed by atoms with Gasteiger partial charge < -0.3 is 15.0 Å². The van der Waals surface area contributed by atoms with Gasteiger partial charge in [0.1, 0.15) is 5.75 Å². The van der Waals surface area contributed by atoms with E-state index in [0.29, 0.717) is 51.3 Å². The molecule has 0 spiro atoms. The molecule has 0 saturated heterocycles. The highest BCUT2D eigenvalue weighted by atomic mass is 35.5. The highest BCUT2D eigenvalue weighted by molar-refractivity contribution is 7.89. The summed E-state index contributed by atoms with van der Waals surface area (Å²) in [6, 6.07) is 22.5. The molecule has 1 aliphatic rings. The Bertz CT molecular complexity index is 1780. The molecule has 12 heteroatoms. The Balaban J connectivity index is 1.37. The molecular formula is C31H26Cl3N3O5S. The summed E-state index contributed by atoms with van der Waals surface area (Å²) in [5.41, 5.74) is 3.04. The second-order valence-electron chi connectivity index (χ2n) is 9.79. The molecule has 0 unspecified atom stereocenters. The number of carbonyl (C=O) groups excluding carboxylic acids is 2. The third kappa shape index (κ3) is 6.98. The first-order valence-corrected chi connectivity index (χ1v) is 15.7. The minimum Gasteiger partial charge on any atom is -0.497 e. The summed E-state index contributed by atoms with van der Waals surface area (Å²) >= 11 is 18.3. The van der Waals surface area contributed by atoms with Crippen LogP contribution in [0.25, 0.3) is 0 Å². The molecule has 4 aromatic rings. The normalized spacial score (nSPS) is 12.7. The molecule has 1 aliphatic heterocycles. The second-order valence-corrected chi connectivity index (χ2v) is 13.0. The maximum absolute atomic E-state index is 13.6. The number of fused-ring (bicyclic) bond motifs is 1. The molecule has 5 rings (SSSR count). The lowest BCUT2D eigenvalue weighted by molar-refractivity contribution is -0.116. The van der Waals surface area contributed by atoms with Gasteiger partial charge in [0.25, 0.3) is 5.91 Å². The lowest BCUT2D eigenvalue weighted by Crippen LogP contribution is -2.37. The number of nitrogens with one attached hydrogen (secondary N) is 1. The largest absolute Gasteiger partial charge is 0.497 e. The number of amides is 2. The third-order valence-corrected chi connectivity index (χ3v) is 9.62. The van der Waals surface area contributed by atoms with E-state index in [1.165, 1.54) is 30.3 Å². The number of halogens is 3. The first kappa shape index (κ1) is 30.8. The zero-order valence-corrected chi connectivity index (χ0v) is 26.0. The molecule has 0 bridgehead atoms. The number of benzene rings is 4. The maximum Gasteiger partial charge on any atom is 0.258 e. The molecule has 1 heterocycles. The Labute approximate surface area is 264 Å². The van der Waals surface area contributed by atoms with E-state index in [0.717, 1.165) is 9.87 Å². The standard InChI is InChI=1S/C31H26Cl3N3O5S/c1-42-26-10-4-21(5-11-26)31(39)37-15-14-20-3-9-25(17-29(20)37)35-30(38)19-36(18-22-2-6-24(33)16-28(22)34)43(40,41)27-12-7-23(32)8-13-27/h2-13,16-17H,14-15,18-19H2,1H3,(H,35,38). The summed E-state index contributed by atoms with van der Waals surface area (Å²) in [6.45, 7) is -0.190. The average molecular weight is 659 g/mol. The Morgan fingerprint density at radius 2 is 1.60 bits per heavy atom. The fourth-order valence-electron chi connectivity index (χ4n) is 4.74. The third-order valence-electron chi connectivity index (χ3n) is 6.98. The fourth-order valence-corrected chi connectivity index (χ4v) is 6.71. The van der Waals surface area contributed by atoms with E-state index in [1.807, 2.05) is 6.07 Å². The van der Waals surface area contributed by atoms with Gasteiger partial charge in [-0.1, -0.05) is 46.9 Å². The van der Waals surface area contributed by atoms with Crippen molar-refractivity contribution in [2.24, 2.45) is 0 Å². The second kappa shape index (κ2) is 13.0. The summed E-state index contributed by atoms with van der Waals surface area (Å²) in [6.07, 6.45) is 0.667. The van der Waals surface area contributed by atoms with Gasteiger partial charge in [-0.15, -0.1) is 0 Å².